The Morgan fingerprint density at radius 3 is 2.54 bits per heavy atom. The third-order valence-corrected chi connectivity index (χ3v) is 8.14. The molecule has 35 heavy (non-hydrogen) atoms. The van der Waals surface area contributed by atoms with Crippen LogP contribution in [-0.2, 0) is 9.59 Å². The normalized spacial score (nSPS) is 25.8. The number of hydrogen-bond acceptors (Lipinski definition) is 5. The van der Waals surface area contributed by atoms with Crippen molar-refractivity contribution in [2.75, 3.05) is 13.6 Å². The molecule has 0 radical (unpaired) electrons. The van der Waals surface area contributed by atoms with Crippen molar-refractivity contribution in [3.8, 4) is 0 Å². The van der Waals surface area contributed by atoms with Crippen LogP contribution in [0.15, 0.2) is 34.9 Å². The van der Waals surface area contributed by atoms with Crippen LogP contribution in [0.4, 0.5) is 0 Å². The SMILES string of the molecule is CN[C@@H](C)C(=O)N[C@H](C(=O)N1CCC2CCC(NC(=O)c3coc4ccccc34)C21C)C(C)(C)C. The van der Waals surface area contributed by atoms with E-state index in [4.69, 9.17) is 4.42 Å². The van der Waals surface area contributed by atoms with E-state index in [0.29, 0.717) is 23.6 Å². The average Bonchev–Trinajstić information content (AvgIpc) is 3.48. The van der Waals surface area contributed by atoms with E-state index in [9.17, 15) is 14.4 Å². The summed E-state index contributed by atoms with van der Waals surface area (Å²) in [4.78, 5) is 41.9. The molecular weight excluding hydrogens is 444 g/mol. The summed E-state index contributed by atoms with van der Waals surface area (Å²) < 4.78 is 5.57. The summed E-state index contributed by atoms with van der Waals surface area (Å²) >= 11 is 0. The summed E-state index contributed by atoms with van der Waals surface area (Å²) in [5.41, 5.74) is 0.186. The highest BCUT2D eigenvalue weighted by Crippen LogP contribution is 2.48. The zero-order valence-corrected chi connectivity index (χ0v) is 21.6. The number of para-hydroxylation sites is 1. The van der Waals surface area contributed by atoms with Gasteiger partial charge in [0.15, 0.2) is 0 Å². The number of rotatable bonds is 6. The van der Waals surface area contributed by atoms with Gasteiger partial charge in [0.25, 0.3) is 5.91 Å². The fourth-order valence-electron chi connectivity index (χ4n) is 5.77. The van der Waals surface area contributed by atoms with E-state index in [2.05, 4.69) is 22.9 Å². The highest BCUT2D eigenvalue weighted by Gasteiger charge is 2.57. The molecule has 2 fully saturated rings. The number of fused-ring (bicyclic) bond motifs is 2. The highest BCUT2D eigenvalue weighted by molar-refractivity contribution is 6.06. The molecule has 8 heteroatoms. The molecule has 2 aromatic rings. The average molecular weight is 483 g/mol. The summed E-state index contributed by atoms with van der Waals surface area (Å²) in [6.45, 7) is 10.4. The van der Waals surface area contributed by atoms with Gasteiger partial charge in [-0.05, 0) is 57.6 Å². The first-order valence-corrected chi connectivity index (χ1v) is 12.5. The Kier molecular flexibility index (Phi) is 6.70. The number of benzene rings is 1. The predicted molar refractivity (Wildman–Crippen MR) is 135 cm³/mol. The van der Waals surface area contributed by atoms with E-state index in [1.807, 2.05) is 49.9 Å². The third-order valence-electron chi connectivity index (χ3n) is 8.14. The maximum absolute atomic E-state index is 14.0. The molecule has 5 atom stereocenters. The van der Waals surface area contributed by atoms with Crippen molar-refractivity contribution in [2.24, 2.45) is 11.3 Å². The van der Waals surface area contributed by atoms with Crippen molar-refractivity contribution in [3.63, 3.8) is 0 Å². The van der Waals surface area contributed by atoms with Gasteiger partial charge in [-0.1, -0.05) is 39.0 Å². The minimum atomic E-state index is -0.670. The number of carbonyl (C=O) groups is 3. The molecule has 0 spiro atoms. The van der Waals surface area contributed by atoms with E-state index >= 15 is 0 Å². The summed E-state index contributed by atoms with van der Waals surface area (Å²) in [6.07, 6.45) is 4.14. The maximum atomic E-state index is 14.0. The molecule has 1 aromatic heterocycles. The van der Waals surface area contributed by atoms with Crippen molar-refractivity contribution in [1.29, 1.82) is 0 Å². The summed E-state index contributed by atoms with van der Waals surface area (Å²) in [5.74, 6) is -0.186. The number of hydrogen-bond donors (Lipinski definition) is 3. The minimum Gasteiger partial charge on any atom is -0.463 e. The van der Waals surface area contributed by atoms with E-state index < -0.39 is 23.0 Å². The van der Waals surface area contributed by atoms with Gasteiger partial charge in [0.2, 0.25) is 11.8 Å². The molecule has 8 nitrogen and oxygen atoms in total. The Morgan fingerprint density at radius 1 is 1.14 bits per heavy atom. The van der Waals surface area contributed by atoms with Gasteiger partial charge in [0.1, 0.15) is 17.9 Å². The topological polar surface area (TPSA) is 104 Å². The van der Waals surface area contributed by atoms with Crippen molar-refractivity contribution in [1.82, 2.24) is 20.9 Å². The van der Waals surface area contributed by atoms with Crippen LogP contribution in [0.2, 0.25) is 0 Å². The molecule has 4 rings (SSSR count). The second-order valence-electron chi connectivity index (χ2n) is 11.3. The number of nitrogens with one attached hydrogen (secondary N) is 3. The summed E-state index contributed by atoms with van der Waals surface area (Å²) in [6, 6.07) is 6.21. The lowest BCUT2D eigenvalue weighted by atomic mass is 9.83. The quantitative estimate of drug-likeness (QED) is 0.587. The molecule has 1 aliphatic carbocycles. The number of likely N-dealkylation sites (N-methyl/N-ethyl adjacent to an activating group) is 1. The van der Waals surface area contributed by atoms with Crippen molar-refractivity contribution >= 4 is 28.7 Å². The Hall–Kier alpha value is -2.87. The molecule has 3 N–H and O–H groups in total. The zero-order chi connectivity index (χ0) is 25.5. The molecule has 1 saturated carbocycles. The molecule has 190 valence electrons. The standard InChI is InChI=1S/C27H38N4O4/c1-16(28-6)23(32)30-22(26(2,3)4)25(34)31-14-13-17-11-12-21(27(17,31)5)29-24(33)19-15-35-20-10-8-7-9-18(19)20/h7-10,15-17,21-22,28H,11-14H2,1-6H3,(H,29,33)(H,30,32)/t16-,17?,21?,22+,27?/m0/s1. The Balaban J connectivity index is 1.58. The lowest BCUT2D eigenvalue weighted by Crippen LogP contribution is -2.64. The Bertz CT molecular complexity index is 1120. The molecule has 3 amide bonds. The fourth-order valence-corrected chi connectivity index (χ4v) is 5.77. The van der Waals surface area contributed by atoms with Crippen molar-refractivity contribution in [3.05, 3.63) is 36.1 Å². The largest absolute Gasteiger partial charge is 0.463 e. The second kappa shape index (κ2) is 9.30. The smallest absolute Gasteiger partial charge is 0.255 e. The summed E-state index contributed by atoms with van der Waals surface area (Å²) in [5, 5.41) is 9.93. The second-order valence-corrected chi connectivity index (χ2v) is 11.3. The molecule has 0 bridgehead atoms. The van der Waals surface area contributed by atoms with E-state index in [1.165, 1.54) is 6.26 Å². The molecule has 1 saturated heterocycles. The van der Waals surface area contributed by atoms with Gasteiger partial charge >= 0.3 is 0 Å². The molecule has 1 aromatic carbocycles. The predicted octanol–water partition coefficient (Wildman–Crippen LogP) is 3.07. The van der Waals surface area contributed by atoms with Gasteiger partial charge in [0, 0.05) is 11.9 Å². The van der Waals surface area contributed by atoms with Gasteiger partial charge in [-0.2, -0.15) is 0 Å². The molecule has 1 aliphatic heterocycles. The maximum Gasteiger partial charge on any atom is 0.255 e. The first kappa shape index (κ1) is 25.2. The Labute approximate surface area is 207 Å². The van der Waals surface area contributed by atoms with Gasteiger partial charge in [-0.3, -0.25) is 14.4 Å². The van der Waals surface area contributed by atoms with Crippen LogP contribution in [-0.4, -0.2) is 59.9 Å². The molecular formula is C27H38N4O4. The van der Waals surface area contributed by atoms with Crippen LogP contribution in [0.25, 0.3) is 11.0 Å². The van der Waals surface area contributed by atoms with Gasteiger partial charge < -0.3 is 25.3 Å². The van der Waals surface area contributed by atoms with Crippen molar-refractivity contribution in [2.45, 2.75) is 77.5 Å². The van der Waals surface area contributed by atoms with Crippen molar-refractivity contribution < 1.29 is 18.8 Å². The highest BCUT2D eigenvalue weighted by atomic mass is 16.3. The zero-order valence-electron chi connectivity index (χ0n) is 21.6. The lowest BCUT2D eigenvalue weighted by molar-refractivity contribution is -0.144. The van der Waals surface area contributed by atoms with Gasteiger partial charge in [0.05, 0.1) is 23.2 Å². The minimum absolute atomic E-state index is 0.0888. The number of carbonyl (C=O) groups excluding carboxylic acids is 3. The number of amides is 3. The first-order valence-electron chi connectivity index (χ1n) is 12.5. The number of nitrogens with zero attached hydrogens (tertiary/aromatic N) is 1. The van der Waals surface area contributed by atoms with Crippen LogP contribution < -0.4 is 16.0 Å². The van der Waals surface area contributed by atoms with Crippen LogP contribution in [0, 0.1) is 11.3 Å². The van der Waals surface area contributed by atoms with Crippen LogP contribution in [0.3, 0.4) is 0 Å². The fraction of sp³-hybridized carbons (Fsp3) is 0.593. The van der Waals surface area contributed by atoms with E-state index in [0.717, 1.165) is 24.6 Å². The van der Waals surface area contributed by atoms with Gasteiger partial charge in [-0.15, -0.1) is 0 Å². The van der Waals surface area contributed by atoms with Crippen LogP contribution >= 0.6 is 0 Å². The molecule has 2 aliphatic rings. The first-order chi connectivity index (χ1) is 16.5. The Morgan fingerprint density at radius 2 is 1.86 bits per heavy atom. The van der Waals surface area contributed by atoms with Crippen LogP contribution in [0.5, 0.6) is 0 Å². The number of likely N-dealkylation sites (tertiary alicyclic amines) is 1. The third kappa shape index (κ3) is 4.44. The van der Waals surface area contributed by atoms with Crippen LogP contribution in [0.1, 0.15) is 64.2 Å². The summed E-state index contributed by atoms with van der Waals surface area (Å²) in [7, 11) is 1.72. The van der Waals surface area contributed by atoms with E-state index in [1.54, 1.807) is 14.0 Å². The van der Waals surface area contributed by atoms with E-state index in [-0.39, 0.29) is 23.8 Å². The number of furan rings is 1. The lowest BCUT2D eigenvalue weighted by Gasteiger charge is -2.44. The van der Waals surface area contributed by atoms with Gasteiger partial charge in [-0.25, -0.2) is 0 Å². The molecule has 3 unspecified atom stereocenters. The monoisotopic (exact) mass is 482 g/mol. The molecule has 2 heterocycles.